The third-order valence-corrected chi connectivity index (χ3v) is 8.70. The molecule has 1 aromatic carbocycles. The first-order chi connectivity index (χ1) is 18.0. The highest BCUT2D eigenvalue weighted by molar-refractivity contribution is 7.92. The Kier molecular flexibility index (Phi) is 6.98. The summed E-state index contributed by atoms with van der Waals surface area (Å²) in [5, 5.41) is -0.122. The van der Waals surface area contributed by atoms with E-state index in [9.17, 15) is 17.6 Å². The molecule has 2 aromatic heterocycles. The Morgan fingerprint density at radius 3 is 2.55 bits per heavy atom. The zero-order chi connectivity index (χ0) is 27.1. The molecule has 3 aromatic rings. The van der Waals surface area contributed by atoms with E-state index in [1.807, 2.05) is 18.7 Å². The second kappa shape index (κ2) is 10.1. The van der Waals surface area contributed by atoms with E-state index < -0.39 is 27.2 Å². The summed E-state index contributed by atoms with van der Waals surface area (Å²) >= 11 is 0. The first-order valence-electron chi connectivity index (χ1n) is 12.9. The number of Topliss-reactive ketones (excluding diaryl/α,β-unsaturated/α-hetero) is 1. The van der Waals surface area contributed by atoms with Crippen molar-refractivity contribution in [3.63, 3.8) is 0 Å². The van der Waals surface area contributed by atoms with Crippen molar-refractivity contribution in [2.75, 3.05) is 30.3 Å². The van der Waals surface area contributed by atoms with Crippen LogP contribution in [0.25, 0.3) is 11.3 Å². The number of anilines is 1. The molecule has 2 aliphatic rings. The SMILES string of the molecule is Cc1cccc(S(=O)(=O)CC(=O)c2ccc(-c3cc(F)cc(OCC(C)C)c3)nc2N2CC3(CCC3)C2)n1.[HH]. The summed E-state index contributed by atoms with van der Waals surface area (Å²) in [5.41, 5.74) is 2.07. The van der Waals surface area contributed by atoms with Crippen LogP contribution in [0.2, 0.25) is 0 Å². The van der Waals surface area contributed by atoms with Crippen LogP contribution >= 0.6 is 0 Å². The molecule has 1 aliphatic heterocycles. The maximum Gasteiger partial charge on any atom is 0.203 e. The number of aryl methyl sites for hydroxylation is 1. The van der Waals surface area contributed by atoms with Crippen molar-refractivity contribution >= 4 is 21.4 Å². The number of benzene rings is 1. The minimum absolute atomic E-state index is 0. The van der Waals surface area contributed by atoms with Gasteiger partial charge in [-0.1, -0.05) is 26.3 Å². The Hall–Kier alpha value is -3.33. The summed E-state index contributed by atoms with van der Waals surface area (Å²) in [6.07, 6.45) is 3.47. The summed E-state index contributed by atoms with van der Waals surface area (Å²) in [5.74, 6) is -0.564. The van der Waals surface area contributed by atoms with Crippen LogP contribution < -0.4 is 9.64 Å². The lowest BCUT2D eigenvalue weighted by molar-refractivity contribution is 0.0887. The number of sulfone groups is 1. The molecule has 1 spiro atoms. The van der Waals surface area contributed by atoms with E-state index in [0.29, 0.717) is 35.1 Å². The van der Waals surface area contributed by atoms with Crippen molar-refractivity contribution in [1.82, 2.24) is 9.97 Å². The molecule has 0 N–H and O–H groups in total. The zero-order valence-corrected chi connectivity index (χ0v) is 22.7. The van der Waals surface area contributed by atoms with E-state index in [0.717, 1.165) is 25.9 Å². The molecule has 0 atom stereocenters. The largest absolute Gasteiger partial charge is 0.493 e. The normalized spacial score (nSPS) is 16.3. The van der Waals surface area contributed by atoms with Gasteiger partial charge in [0.05, 0.1) is 17.9 Å². The second-order valence-electron chi connectivity index (χ2n) is 11.0. The molecule has 1 aliphatic carbocycles. The highest BCUT2D eigenvalue weighted by Crippen LogP contribution is 2.49. The number of carbonyl (C=O) groups is 1. The summed E-state index contributed by atoms with van der Waals surface area (Å²) < 4.78 is 46.2. The summed E-state index contributed by atoms with van der Waals surface area (Å²) in [4.78, 5) is 24.3. The van der Waals surface area contributed by atoms with Crippen LogP contribution in [-0.4, -0.2) is 49.6 Å². The molecule has 202 valence electrons. The van der Waals surface area contributed by atoms with Gasteiger partial charge in [-0.3, -0.25) is 4.79 Å². The van der Waals surface area contributed by atoms with E-state index in [1.165, 1.54) is 24.6 Å². The molecule has 1 saturated heterocycles. The molecule has 0 unspecified atom stereocenters. The number of ketones is 1. The molecule has 7 nitrogen and oxygen atoms in total. The van der Waals surface area contributed by atoms with E-state index in [-0.39, 0.29) is 23.3 Å². The first kappa shape index (κ1) is 26.3. The van der Waals surface area contributed by atoms with Gasteiger partial charge in [0, 0.05) is 37.3 Å². The van der Waals surface area contributed by atoms with E-state index in [4.69, 9.17) is 9.72 Å². The van der Waals surface area contributed by atoms with Gasteiger partial charge in [0.15, 0.2) is 10.8 Å². The van der Waals surface area contributed by atoms with Crippen molar-refractivity contribution < 1.29 is 23.8 Å². The van der Waals surface area contributed by atoms with Gasteiger partial charge in [0.25, 0.3) is 0 Å². The van der Waals surface area contributed by atoms with Gasteiger partial charge in [-0.25, -0.2) is 22.8 Å². The highest BCUT2D eigenvalue weighted by atomic mass is 32.2. The quantitative estimate of drug-likeness (QED) is 0.331. The molecular formula is C29H34FN3O4S. The molecule has 3 heterocycles. The fourth-order valence-corrected chi connectivity index (χ4v) is 6.26. The minimum Gasteiger partial charge on any atom is -0.493 e. The number of hydrogen-bond donors (Lipinski definition) is 0. The second-order valence-corrected chi connectivity index (χ2v) is 12.9. The van der Waals surface area contributed by atoms with Gasteiger partial charge in [-0.15, -0.1) is 0 Å². The van der Waals surface area contributed by atoms with Crippen LogP contribution in [0.15, 0.2) is 53.6 Å². The molecule has 0 bridgehead atoms. The lowest BCUT2D eigenvalue weighted by Crippen LogP contribution is -2.60. The summed E-state index contributed by atoms with van der Waals surface area (Å²) in [7, 11) is -3.94. The summed E-state index contributed by atoms with van der Waals surface area (Å²) in [6, 6.07) is 12.4. The topological polar surface area (TPSA) is 89.5 Å². The zero-order valence-electron chi connectivity index (χ0n) is 21.9. The Labute approximate surface area is 224 Å². The van der Waals surface area contributed by atoms with Crippen molar-refractivity contribution in [2.24, 2.45) is 11.3 Å². The number of pyridine rings is 2. The fourth-order valence-electron chi connectivity index (χ4n) is 5.05. The Balaban J connectivity index is 0.00000353. The van der Waals surface area contributed by atoms with Gasteiger partial charge in [0.2, 0.25) is 9.84 Å². The molecule has 5 rings (SSSR count). The number of ether oxygens (including phenoxy) is 1. The Morgan fingerprint density at radius 1 is 1.13 bits per heavy atom. The van der Waals surface area contributed by atoms with Crippen molar-refractivity contribution in [2.45, 2.75) is 45.1 Å². The van der Waals surface area contributed by atoms with Crippen molar-refractivity contribution in [1.29, 1.82) is 0 Å². The molecule has 38 heavy (non-hydrogen) atoms. The third kappa shape index (κ3) is 5.43. The van der Waals surface area contributed by atoms with Crippen LogP contribution in [0.5, 0.6) is 5.75 Å². The monoisotopic (exact) mass is 539 g/mol. The van der Waals surface area contributed by atoms with Crippen LogP contribution in [-0.2, 0) is 9.84 Å². The maximum atomic E-state index is 14.5. The minimum atomic E-state index is -3.94. The molecule has 0 radical (unpaired) electrons. The van der Waals surface area contributed by atoms with Gasteiger partial charge in [0.1, 0.15) is 23.1 Å². The standard InChI is InChI=1S/C29H32FN3O4S.H2/c1-19(2)15-37-23-13-21(12-22(30)14-23)25-9-8-24(28(32-25)33-17-29(18-33)10-5-11-29)26(34)16-38(35,36)27-7-4-6-20(3)31-27;/h4,6-9,12-14,19H,5,10-11,15-18H2,1-3H3;1H. The molecule has 0 amide bonds. The lowest BCUT2D eigenvalue weighted by atomic mass is 9.63. The predicted molar refractivity (Wildman–Crippen MR) is 146 cm³/mol. The molecule has 2 fully saturated rings. The van der Waals surface area contributed by atoms with Gasteiger partial charge in [-0.05, 0) is 62.1 Å². The van der Waals surface area contributed by atoms with Gasteiger partial charge in [-0.2, -0.15) is 0 Å². The Bertz CT molecular complexity index is 1480. The van der Waals surface area contributed by atoms with Crippen molar-refractivity contribution in [3.05, 3.63) is 65.6 Å². The molecular weight excluding hydrogens is 505 g/mol. The Morgan fingerprint density at radius 2 is 1.89 bits per heavy atom. The van der Waals surface area contributed by atoms with E-state index in [1.54, 1.807) is 37.3 Å². The van der Waals surface area contributed by atoms with E-state index >= 15 is 0 Å². The van der Waals surface area contributed by atoms with Gasteiger partial charge < -0.3 is 9.64 Å². The van der Waals surface area contributed by atoms with Crippen molar-refractivity contribution in [3.8, 4) is 17.0 Å². The number of hydrogen-bond acceptors (Lipinski definition) is 7. The predicted octanol–water partition coefficient (Wildman–Crippen LogP) is 5.52. The van der Waals surface area contributed by atoms with Crippen LogP contribution in [0.3, 0.4) is 0 Å². The smallest absolute Gasteiger partial charge is 0.203 e. The van der Waals surface area contributed by atoms with Crippen LogP contribution in [0.1, 0.15) is 50.6 Å². The first-order valence-corrected chi connectivity index (χ1v) is 14.6. The van der Waals surface area contributed by atoms with Crippen LogP contribution in [0.4, 0.5) is 10.2 Å². The summed E-state index contributed by atoms with van der Waals surface area (Å²) in [6.45, 7) is 7.72. The maximum absolute atomic E-state index is 14.5. The number of aromatic nitrogens is 2. The number of nitrogens with zero attached hydrogens (tertiary/aromatic N) is 3. The van der Waals surface area contributed by atoms with Gasteiger partial charge >= 0.3 is 0 Å². The highest BCUT2D eigenvalue weighted by Gasteiger charge is 2.48. The number of halogens is 1. The fraction of sp³-hybridized carbons (Fsp3) is 0.414. The average molecular weight is 540 g/mol. The lowest BCUT2D eigenvalue weighted by Gasteiger charge is -2.56. The molecule has 1 saturated carbocycles. The molecule has 9 heteroatoms. The van der Waals surface area contributed by atoms with Crippen LogP contribution in [0, 0.1) is 24.1 Å². The third-order valence-electron chi connectivity index (χ3n) is 7.19. The number of rotatable bonds is 9. The van der Waals surface area contributed by atoms with E-state index in [2.05, 4.69) is 4.98 Å². The average Bonchev–Trinajstić information content (AvgIpc) is 2.80. The number of carbonyl (C=O) groups excluding carboxylic acids is 1.